The summed E-state index contributed by atoms with van der Waals surface area (Å²) >= 11 is 1.74. The van der Waals surface area contributed by atoms with Gasteiger partial charge in [0.15, 0.2) is 11.5 Å². The maximum absolute atomic E-state index is 15.0. The van der Waals surface area contributed by atoms with Gasteiger partial charge < -0.3 is 48.2 Å². The highest BCUT2D eigenvalue weighted by Crippen LogP contribution is 2.62. The highest BCUT2D eigenvalue weighted by molar-refractivity contribution is 7.99. The fourth-order valence-electron chi connectivity index (χ4n) is 10.3. The number of nitrogens with zero attached hydrogens (tertiary/aromatic N) is 2. The molecule has 1 amide bonds. The van der Waals surface area contributed by atoms with Crippen LogP contribution in [-0.4, -0.2) is 98.0 Å². The number of hydrogen-bond donors (Lipinski definition) is 2. The van der Waals surface area contributed by atoms with Gasteiger partial charge in [-0.3, -0.25) is 4.90 Å². The van der Waals surface area contributed by atoms with Gasteiger partial charge in [-0.05, 0) is 96.7 Å². The average molecular weight is 949 g/mol. The van der Waals surface area contributed by atoms with E-state index in [1.54, 1.807) is 22.7 Å². The number of benzene rings is 4. The Hall–Kier alpha value is -5.51. The Kier molecular flexibility index (Phi) is 17.4. The second-order valence-electron chi connectivity index (χ2n) is 17.4. The summed E-state index contributed by atoms with van der Waals surface area (Å²) in [5.41, 5.74) is 4.39. The second-order valence-corrected chi connectivity index (χ2v) is 18.6. The van der Waals surface area contributed by atoms with Crippen molar-refractivity contribution in [2.75, 3.05) is 59.3 Å². The summed E-state index contributed by atoms with van der Waals surface area (Å²) in [7, 11) is 1.54. The largest absolute Gasteiger partial charge is 0.493 e. The van der Waals surface area contributed by atoms with E-state index >= 15 is 0 Å². The molecule has 362 valence electrons. The molecule has 6 atom stereocenters. The van der Waals surface area contributed by atoms with Gasteiger partial charge in [0.25, 0.3) is 0 Å². The third-order valence-electron chi connectivity index (χ3n) is 13.2. The van der Waals surface area contributed by atoms with E-state index in [0.717, 1.165) is 59.4 Å². The Morgan fingerprint density at radius 2 is 1.65 bits per heavy atom. The molecule has 1 fully saturated rings. The number of ether oxygens (including phenoxy) is 7. The van der Waals surface area contributed by atoms with Gasteiger partial charge in [0, 0.05) is 48.3 Å². The fraction of sp³-hybridized carbons (Fsp3) is 0.444. The Morgan fingerprint density at radius 3 is 2.43 bits per heavy atom. The van der Waals surface area contributed by atoms with Crippen molar-refractivity contribution in [3.63, 3.8) is 0 Å². The standard InChI is InChI=1S/C54H64N2O11S/c1-3-26-66-54-50(56(35-39-20-22-48-49(31-39)65-37-64-48)53(59)63-28-27-61-36-38-14-6-4-7-15-38)34-46(55-60-2)44-32-40(16-10-12-24-57)43(19-11-13-25-58)51(52(44)54)45-33-41(21-23-47(45)67-54)62-29-30-68-42-17-8-5-9-18-42/h3-9,14-15,17-18,20-23,31-33,40,43,50-52,57-58H,1,10-13,16,19,24-30,34-37H2,2H3. The molecule has 0 radical (unpaired) electrons. The van der Waals surface area contributed by atoms with E-state index in [9.17, 15) is 15.0 Å². The first kappa shape index (κ1) is 48.9. The molecule has 2 N–H and O–H groups in total. The van der Waals surface area contributed by atoms with E-state index in [2.05, 4.69) is 30.9 Å². The zero-order valence-corrected chi connectivity index (χ0v) is 39.7. The number of carbonyl (C=O) groups is 1. The van der Waals surface area contributed by atoms with Gasteiger partial charge in [0.05, 0.1) is 38.1 Å². The summed E-state index contributed by atoms with van der Waals surface area (Å²) in [6.45, 7) is 5.65. The van der Waals surface area contributed by atoms with Gasteiger partial charge in [-0.15, -0.1) is 18.3 Å². The van der Waals surface area contributed by atoms with Gasteiger partial charge in [-0.25, -0.2) is 4.79 Å². The van der Waals surface area contributed by atoms with Gasteiger partial charge in [0.2, 0.25) is 12.6 Å². The number of rotatable bonds is 25. The zero-order chi connectivity index (χ0) is 47.1. The van der Waals surface area contributed by atoms with Crippen LogP contribution >= 0.6 is 11.8 Å². The van der Waals surface area contributed by atoms with Crippen LogP contribution in [0.25, 0.3) is 0 Å². The molecule has 0 bridgehead atoms. The van der Waals surface area contributed by atoms with E-state index in [0.29, 0.717) is 49.0 Å². The smallest absolute Gasteiger partial charge is 0.410 e. The Bertz CT molecular complexity index is 2330. The van der Waals surface area contributed by atoms with Crippen LogP contribution in [0.2, 0.25) is 0 Å². The molecule has 0 saturated heterocycles. The maximum Gasteiger partial charge on any atom is 0.410 e. The first-order chi connectivity index (χ1) is 33.5. The second kappa shape index (κ2) is 24.2. The molecular formula is C54H64N2O11S. The SMILES string of the molecule is C=CCOC12Oc3ccc(OCCSc4ccccc4)cc3C3C(CCCCO)C(CCCCO)C=C(C(=NOC)CC1N(Cc1ccc4c(c1)OCO4)C(=O)OCCOCc1ccccc1)C32. The molecule has 68 heavy (non-hydrogen) atoms. The molecule has 1 saturated carbocycles. The van der Waals surface area contributed by atoms with Crippen molar-refractivity contribution < 1.29 is 53.0 Å². The number of allylic oxidation sites excluding steroid dienone is 1. The van der Waals surface area contributed by atoms with Crippen molar-refractivity contribution in [3.8, 4) is 23.0 Å². The number of aliphatic hydroxyl groups is 2. The van der Waals surface area contributed by atoms with Crippen LogP contribution in [0.15, 0.2) is 131 Å². The lowest BCUT2D eigenvalue weighted by atomic mass is 9.55. The third kappa shape index (κ3) is 11.5. The number of amides is 1. The van der Waals surface area contributed by atoms with Gasteiger partial charge >= 0.3 is 6.09 Å². The van der Waals surface area contributed by atoms with Crippen molar-refractivity contribution >= 4 is 23.6 Å². The summed E-state index contributed by atoms with van der Waals surface area (Å²) in [5, 5.41) is 24.7. The summed E-state index contributed by atoms with van der Waals surface area (Å²) in [5.74, 6) is 1.26. The van der Waals surface area contributed by atoms with E-state index < -0.39 is 23.8 Å². The van der Waals surface area contributed by atoms with Gasteiger partial charge in [-0.2, -0.15) is 0 Å². The number of fused-ring (bicyclic) bond motifs is 3. The van der Waals surface area contributed by atoms with Crippen molar-refractivity contribution in [2.24, 2.45) is 22.9 Å². The van der Waals surface area contributed by atoms with Crippen LogP contribution in [0.4, 0.5) is 4.79 Å². The van der Waals surface area contributed by atoms with E-state index in [1.807, 2.05) is 78.9 Å². The maximum atomic E-state index is 15.0. The van der Waals surface area contributed by atoms with Gasteiger partial charge in [-0.1, -0.05) is 84.7 Å². The number of hydrogen-bond acceptors (Lipinski definition) is 13. The average Bonchev–Trinajstić information content (AvgIpc) is 3.84. The minimum absolute atomic E-state index is 0.00549. The molecule has 13 nitrogen and oxygen atoms in total. The van der Waals surface area contributed by atoms with Crippen LogP contribution in [-0.2, 0) is 32.2 Å². The molecule has 2 heterocycles. The van der Waals surface area contributed by atoms with E-state index in [4.69, 9.17) is 43.2 Å². The van der Waals surface area contributed by atoms with Crippen molar-refractivity contribution in [2.45, 2.75) is 80.7 Å². The Labute approximate surface area is 404 Å². The van der Waals surface area contributed by atoms with Crippen molar-refractivity contribution in [1.82, 2.24) is 4.90 Å². The highest BCUT2D eigenvalue weighted by Gasteiger charge is 2.65. The van der Waals surface area contributed by atoms with E-state index in [-0.39, 0.29) is 70.5 Å². The quantitative estimate of drug-likeness (QED) is 0.0282. The van der Waals surface area contributed by atoms with Crippen molar-refractivity contribution in [3.05, 3.63) is 138 Å². The first-order valence-corrected chi connectivity index (χ1v) is 24.8. The highest BCUT2D eigenvalue weighted by atomic mass is 32.2. The number of oxime groups is 1. The summed E-state index contributed by atoms with van der Waals surface area (Å²) in [4.78, 5) is 23.5. The van der Waals surface area contributed by atoms with Crippen LogP contribution in [0.3, 0.4) is 0 Å². The molecule has 4 aliphatic rings. The predicted molar refractivity (Wildman–Crippen MR) is 260 cm³/mol. The van der Waals surface area contributed by atoms with Crippen LogP contribution in [0.1, 0.15) is 67.6 Å². The minimum atomic E-state index is -1.48. The Balaban J connectivity index is 1.21. The lowest BCUT2D eigenvalue weighted by Crippen LogP contribution is -2.70. The number of unbranched alkanes of at least 4 members (excludes halogenated alkanes) is 2. The van der Waals surface area contributed by atoms with Crippen molar-refractivity contribution in [1.29, 1.82) is 0 Å². The molecule has 0 spiro atoms. The molecule has 14 heteroatoms. The van der Waals surface area contributed by atoms with Crippen LogP contribution in [0, 0.1) is 17.8 Å². The number of carbonyl (C=O) groups excluding carboxylic acids is 1. The molecule has 8 rings (SSSR count). The summed E-state index contributed by atoms with van der Waals surface area (Å²) < 4.78 is 44.6. The molecular weight excluding hydrogens is 885 g/mol. The minimum Gasteiger partial charge on any atom is -0.493 e. The third-order valence-corrected chi connectivity index (χ3v) is 14.2. The monoisotopic (exact) mass is 948 g/mol. The topological polar surface area (TPSA) is 147 Å². The Morgan fingerprint density at radius 1 is 0.882 bits per heavy atom. The molecule has 2 aliphatic heterocycles. The van der Waals surface area contributed by atoms with Gasteiger partial charge in [0.1, 0.15) is 31.3 Å². The zero-order valence-electron chi connectivity index (χ0n) is 38.9. The van der Waals surface area contributed by atoms with Crippen LogP contribution < -0.4 is 18.9 Å². The van der Waals surface area contributed by atoms with E-state index in [1.165, 1.54) is 12.0 Å². The lowest BCUT2D eigenvalue weighted by Gasteiger charge is -2.59. The molecule has 4 aromatic carbocycles. The normalized spacial score (nSPS) is 22.6. The first-order valence-electron chi connectivity index (χ1n) is 23.8. The molecule has 4 aromatic rings. The molecule has 6 unspecified atom stereocenters. The molecule has 2 aliphatic carbocycles. The summed E-state index contributed by atoms with van der Waals surface area (Å²) in [6, 6.07) is 31.0. The predicted octanol–water partition coefficient (Wildman–Crippen LogP) is 9.71. The number of thioether (sulfide) groups is 1. The molecule has 0 aromatic heterocycles. The number of aliphatic hydroxyl groups excluding tert-OH is 2. The van der Waals surface area contributed by atoms with Crippen LogP contribution in [0.5, 0.6) is 23.0 Å². The lowest BCUT2D eigenvalue weighted by molar-refractivity contribution is -0.256. The summed E-state index contributed by atoms with van der Waals surface area (Å²) in [6.07, 6.45) is 8.24. The fourth-order valence-corrected chi connectivity index (χ4v) is 11.0.